The summed E-state index contributed by atoms with van der Waals surface area (Å²) in [4.78, 5) is 15.2. The number of aromatic carboxylic acids is 1. The van der Waals surface area contributed by atoms with E-state index in [9.17, 15) is 4.79 Å². The Hall–Kier alpha value is -2.68. The zero-order valence-electron chi connectivity index (χ0n) is 10.1. The maximum Gasteiger partial charge on any atom is 0.335 e. The Kier molecular flexibility index (Phi) is 2.72. The number of carboxylic acids is 1. The summed E-state index contributed by atoms with van der Waals surface area (Å²) in [5, 5.41) is 9.89. The molecule has 0 spiro atoms. The summed E-state index contributed by atoms with van der Waals surface area (Å²) in [6.07, 6.45) is 1.77. The first-order valence-corrected chi connectivity index (χ1v) is 5.92. The summed E-state index contributed by atoms with van der Waals surface area (Å²) in [7, 11) is 0. The number of aromatic nitrogens is 1. The third kappa shape index (κ3) is 2.18. The fourth-order valence-electron chi connectivity index (χ4n) is 2.04. The lowest BCUT2D eigenvalue weighted by atomic mass is 10.0. The number of nitrogens with zero attached hydrogens (tertiary/aromatic N) is 1. The molecular formula is C16H11NO2. The van der Waals surface area contributed by atoms with E-state index in [4.69, 9.17) is 5.11 Å². The number of pyridine rings is 1. The van der Waals surface area contributed by atoms with Crippen molar-refractivity contribution in [3.63, 3.8) is 0 Å². The second-order valence-corrected chi connectivity index (χ2v) is 4.30. The lowest BCUT2D eigenvalue weighted by Gasteiger charge is -2.04. The van der Waals surface area contributed by atoms with Crippen molar-refractivity contribution in [1.82, 2.24) is 4.98 Å². The molecule has 19 heavy (non-hydrogen) atoms. The van der Waals surface area contributed by atoms with E-state index < -0.39 is 5.97 Å². The molecule has 2 aromatic carbocycles. The summed E-state index contributed by atoms with van der Waals surface area (Å²) >= 11 is 0. The number of carbonyl (C=O) groups is 1. The molecule has 0 bridgehead atoms. The van der Waals surface area contributed by atoms with Crippen molar-refractivity contribution in [1.29, 1.82) is 0 Å². The Morgan fingerprint density at radius 2 is 1.74 bits per heavy atom. The van der Waals surface area contributed by atoms with E-state index in [0.29, 0.717) is 5.52 Å². The van der Waals surface area contributed by atoms with Gasteiger partial charge in [0.2, 0.25) is 0 Å². The van der Waals surface area contributed by atoms with Gasteiger partial charge in [-0.3, -0.25) is 4.98 Å². The van der Waals surface area contributed by atoms with Gasteiger partial charge in [-0.1, -0.05) is 36.4 Å². The topological polar surface area (TPSA) is 50.2 Å². The van der Waals surface area contributed by atoms with E-state index in [2.05, 4.69) is 4.98 Å². The van der Waals surface area contributed by atoms with Gasteiger partial charge in [0, 0.05) is 17.1 Å². The number of rotatable bonds is 2. The molecule has 3 aromatic rings. The van der Waals surface area contributed by atoms with Gasteiger partial charge in [0.15, 0.2) is 0 Å². The lowest BCUT2D eigenvalue weighted by molar-refractivity contribution is 0.0697. The molecule has 1 aromatic heterocycles. The van der Waals surface area contributed by atoms with Crippen LogP contribution < -0.4 is 0 Å². The summed E-state index contributed by atoms with van der Waals surface area (Å²) in [5.74, 6) is -0.934. The first-order chi connectivity index (χ1) is 9.24. The van der Waals surface area contributed by atoms with Gasteiger partial charge in [-0.05, 0) is 23.8 Å². The summed E-state index contributed by atoms with van der Waals surface area (Å²) in [5.41, 5.74) is 3.07. The van der Waals surface area contributed by atoms with Gasteiger partial charge in [-0.2, -0.15) is 0 Å². The molecule has 3 rings (SSSR count). The SMILES string of the molecule is O=C(O)c1ccc2cc(-c3ccccc3)cnc2c1. The molecule has 1 heterocycles. The van der Waals surface area contributed by atoms with Gasteiger partial charge < -0.3 is 5.11 Å². The predicted octanol–water partition coefficient (Wildman–Crippen LogP) is 3.60. The third-order valence-electron chi connectivity index (χ3n) is 3.04. The summed E-state index contributed by atoms with van der Waals surface area (Å²) in [6.45, 7) is 0. The monoisotopic (exact) mass is 249 g/mol. The van der Waals surface area contributed by atoms with Crippen LogP contribution in [0, 0.1) is 0 Å². The molecular weight excluding hydrogens is 238 g/mol. The Morgan fingerprint density at radius 3 is 2.47 bits per heavy atom. The van der Waals surface area contributed by atoms with Crippen LogP contribution in [0.1, 0.15) is 10.4 Å². The summed E-state index contributed by atoms with van der Waals surface area (Å²) < 4.78 is 0. The van der Waals surface area contributed by atoms with Gasteiger partial charge >= 0.3 is 5.97 Å². The molecule has 0 unspecified atom stereocenters. The highest BCUT2D eigenvalue weighted by molar-refractivity contribution is 5.93. The minimum absolute atomic E-state index is 0.257. The van der Waals surface area contributed by atoms with Crippen molar-refractivity contribution < 1.29 is 9.90 Å². The van der Waals surface area contributed by atoms with Crippen LogP contribution in [0.2, 0.25) is 0 Å². The minimum atomic E-state index is -0.934. The zero-order valence-corrected chi connectivity index (χ0v) is 10.1. The fourth-order valence-corrected chi connectivity index (χ4v) is 2.04. The number of benzene rings is 2. The van der Waals surface area contributed by atoms with Crippen LogP contribution in [0.4, 0.5) is 0 Å². The second kappa shape index (κ2) is 4.53. The molecule has 0 aliphatic carbocycles. The van der Waals surface area contributed by atoms with E-state index >= 15 is 0 Å². The van der Waals surface area contributed by atoms with Crippen LogP contribution in [0.15, 0.2) is 60.8 Å². The number of hydrogen-bond acceptors (Lipinski definition) is 2. The summed E-state index contributed by atoms with van der Waals surface area (Å²) in [6, 6.07) is 17.0. The van der Waals surface area contributed by atoms with E-state index in [1.807, 2.05) is 36.4 Å². The second-order valence-electron chi connectivity index (χ2n) is 4.30. The standard InChI is InChI=1S/C16H11NO2/c18-16(19)13-7-6-12-8-14(10-17-15(12)9-13)11-4-2-1-3-5-11/h1-10H,(H,18,19). The Morgan fingerprint density at radius 1 is 0.947 bits per heavy atom. The zero-order chi connectivity index (χ0) is 13.2. The molecule has 0 aliphatic rings. The third-order valence-corrected chi connectivity index (χ3v) is 3.04. The number of carboxylic acid groups (broad SMARTS) is 1. The van der Waals surface area contributed by atoms with Gasteiger partial charge in [-0.15, -0.1) is 0 Å². The lowest BCUT2D eigenvalue weighted by Crippen LogP contribution is -1.95. The average molecular weight is 249 g/mol. The smallest absolute Gasteiger partial charge is 0.335 e. The van der Waals surface area contributed by atoms with Gasteiger partial charge in [0.1, 0.15) is 0 Å². The molecule has 0 saturated heterocycles. The van der Waals surface area contributed by atoms with E-state index in [0.717, 1.165) is 16.5 Å². The van der Waals surface area contributed by atoms with Gasteiger partial charge in [0.05, 0.1) is 11.1 Å². The van der Waals surface area contributed by atoms with E-state index in [-0.39, 0.29) is 5.56 Å². The van der Waals surface area contributed by atoms with Crippen molar-refractivity contribution >= 4 is 16.9 Å². The van der Waals surface area contributed by atoms with Crippen LogP contribution in [0.5, 0.6) is 0 Å². The van der Waals surface area contributed by atoms with Crippen molar-refractivity contribution in [3.8, 4) is 11.1 Å². The molecule has 3 heteroatoms. The maximum atomic E-state index is 10.9. The molecule has 0 saturated carbocycles. The Bertz CT molecular complexity index is 751. The molecule has 92 valence electrons. The molecule has 0 atom stereocenters. The Labute approximate surface area is 110 Å². The highest BCUT2D eigenvalue weighted by atomic mass is 16.4. The number of fused-ring (bicyclic) bond motifs is 1. The molecule has 3 nitrogen and oxygen atoms in total. The van der Waals surface area contributed by atoms with Crippen LogP contribution in [0.3, 0.4) is 0 Å². The first kappa shape index (κ1) is 11.4. The molecule has 0 aliphatic heterocycles. The van der Waals surface area contributed by atoms with Gasteiger partial charge in [-0.25, -0.2) is 4.79 Å². The molecule has 0 radical (unpaired) electrons. The average Bonchev–Trinajstić information content (AvgIpc) is 2.47. The van der Waals surface area contributed by atoms with Crippen LogP contribution in [-0.2, 0) is 0 Å². The highest BCUT2D eigenvalue weighted by Crippen LogP contribution is 2.23. The quantitative estimate of drug-likeness (QED) is 0.754. The molecule has 0 amide bonds. The van der Waals surface area contributed by atoms with E-state index in [1.165, 1.54) is 0 Å². The van der Waals surface area contributed by atoms with Crippen molar-refractivity contribution in [2.45, 2.75) is 0 Å². The largest absolute Gasteiger partial charge is 0.478 e. The fraction of sp³-hybridized carbons (Fsp3) is 0. The van der Waals surface area contributed by atoms with Crippen molar-refractivity contribution in [3.05, 3.63) is 66.4 Å². The number of hydrogen-bond donors (Lipinski definition) is 1. The molecule has 1 N–H and O–H groups in total. The highest BCUT2D eigenvalue weighted by Gasteiger charge is 2.05. The van der Waals surface area contributed by atoms with Crippen molar-refractivity contribution in [2.24, 2.45) is 0 Å². The van der Waals surface area contributed by atoms with E-state index in [1.54, 1.807) is 24.4 Å². The molecule has 0 fully saturated rings. The first-order valence-electron chi connectivity index (χ1n) is 5.92. The predicted molar refractivity (Wildman–Crippen MR) is 74.1 cm³/mol. The van der Waals surface area contributed by atoms with Crippen LogP contribution in [-0.4, -0.2) is 16.1 Å². The normalized spacial score (nSPS) is 10.5. The van der Waals surface area contributed by atoms with Crippen molar-refractivity contribution in [2.75, 3.05) is 0 Å². The Balaban J connectivity index is 2.12. The van der Waals surface area contributed by atoms with Crippen LogP contribution >= 0.6 is 0 Å². The minimum Gasteiger partial charge on any atom is -0.478 e. The van der Waals surface area contributed by atoms with Gasteiger partial charge in [0.25, 0.3) is 0 Å². The maximum absolute atomic E-state index is 10.9. The van der Waals surface area contributed by atoms with Crippen LogP contribution in [0.25, 0.3) is 22.0 Å².